The molecule has 1 unspecified atom stereocenters. The highest BCUT2D eigenvalue weighted by atomic mass is 79.9. The topological polar surface area (TPSA) is 62.3 Å². The lowest BCUT2D eigenvalue weighted by Gasteiger charge is -2.11. The lowest BCUT2D eigenvalue weighted by atomic mass is 10.2. The zero-order valence-electron chi connectivity index (χ0n) is 8.61. The van der Waals surface area contributed by atoms with Gasteiger partial charge in [-0.05, 0) is 28.1 Å². The third-order valence-electron chi connectivity index (χ3n) is 2.42. The third kappa shape index (κ3) is 2.06. The molecule has 0 spiro atoms. The molecule has 0 bridgehead atoms. The van der Waals surface area contributed by atoms with Gasteiger partial charge in [0, 0.05) is 7.05 Å². The molecule has 0 saturated carbocycles. The summed E-state index contributed by atoms with van der Waals surface area (Å²) in [5.74, 6) is 0.195. The maximum atomic E-state index is 11.6. The Morgan fingerprint density at radius 1 is 1.50 bits per heavy atom. The summed E-state index contributed by atoms with van der Waals surface area (Å²) in [7, 11) is 1.49. The zero-order chi connectivity index (χ0) is 11.7. The van der Waals surface area contributed by atoms with Gasteiger partial charge < -0.3 is 5.32 Å². The molecule has 1 aromatic rings. The number of imide groups is 1. The number of likely N-dealkylation sites (tertiary alicyclic amines) is 1. The Kier molecular flexibility index (Phi) is 2.91. The highest BCUT2D eigenvalue weighted by Gasteiger charge is 2.36. The van der Waals surface area contributed by atoms with E-state index >= 15 is 0 Å². The van der Waals surface area contributed by atoms with E-state index in [1.54, 1.807) is 12.1 Å². The first-order valence-corrected chi connectivity index (χ1v) is 5.57. The number of hydrogen-bond acceptors (Lipinski definition) is 4. The van der Waals surface area contributed by atoms with Crippen molar-refractivity contribution in [1.29, 1.82) is 0 Å². The predicted octanol–water partition coefficient (Wildman–Crippen LogP) is 1.01. The number of carbonyl (C=O) groups is 2. The molecule has 1 aromatic heterocycles. The standard InChI is InChI=1S/C10H10BrN3O2/c1-14-9(15)5-6(10(14)16)12-8-4-2-3-7(11)13-8/h2-4,6H,5H2,1H3,(H,12,13). The van der Waals surface area contributed by atoms with Gasteiger partial charge in [-0.3, -0.25) is 14.5 Å². The first-order chi connectivity index (χ1) is 7.58. The first kappa shape index (κ1) is 11.1. The number of carbonyl (C=O) groups excluding carboxylic acids is 2. The normalized spacial score (nSPS) is 20.4. The molecule has 2 heterocycles. The van der Waals surface area contributed by atoms with E-state index in [2.05, 4.69) is 26.2 Å². The van der Waals surface area contributed by atoms with Gasteiger partial charge in [-0.15, -0.1) is 0 Å². The van der Waals surface area contributed by atoms with E-state index in [-0.39, 0.29) is 18.2 Å². The van der Waals surface area contributed by atoms with E-state index < -0.39 is 6.04 Å². The third-order valence-corrected chi connectivity index (χ3v) is 2.86. The summed E-state index contributed by atoms with van der Waals surface area (Å²) in [4.78, 5) is 28.2. The Morgan fingerprint density at radius 3 is 2.81 bits per heavy atom. The molecule has 1 aliphatic heterocycles. The number of nitrogens with zero attached hydrogens (tertiary/aromatic N) is 2. The van der Waals surface area contributed by atoms with Crippen LogP contribution in [0.3, 0.4) is 0 Å². The van der Waals surface area contributed by atoms with Crippen molar-refractivity contribution >= 4 is 33.6 Å². The second kappa shape index (κ2) is 4.21. The quantitative estimate of drug-likeness (QED) is 0.650. The van der Waals surface area contributed by atoms with Gasteiger partial charge in [-0.2, -0.15) is 0 Å². The second-order valence-corrected chi connectivity index (χ2v) is 4.35. The molecule has 0 radical (unpaired) electrons. The van der Waals surface area contributed by atoms with Crippen molar-refractivity contribution in [2.24, 2.45) is 0 Å². The summed E-state index contributed by atoms with van der Waals surface area (Å²) in [6.07, 6.45) is 0.184. The van der Waals surface area contributed by atoms with Crippen LogP contribution in [0.25, 0.3) is 0 Å². The Balaban J connectivity index is 2.12. The molecule has 1 saturated heterocycles. The highest BCUT2D eigenvalue weighted by molar-refractivity contribution is 9.10. The molecule has 2 rings (SSSR count). The molecule has 5 nitrogen and oxygen atoms in total. The number of aromatic nitrogens is 1. The van der Waals surface area contributed by atoms with Crippen LogP contribution < -0.4 is 5.32 Å². The minimum atomic E-state index is -0.501. The van der Waals surface area contributed by atoms with Crippen LogP contribution in [0.4, 0.5) is 5.82 Å². The number of rotatable bonds is 2. The highest BCUT2D eigenvalue weighted by Crippen LogP contribution is 2.17. The zero-order valence-corrected chi connectivity index (χ0v) is 10.2. The van der Waals surface area contributed by atoms with Crippen LogP contribution in [0, 0.1) is 0 Å². The lowest BCUT2D eigenvalue weighted by Crippen LogP contribution is -2.32. The van der Waals surface area contributed by atoms with Crippen molar-refractivity contribution in [2.75, 3.05) is 12.4 Å². The molecule has 1 atom stereocenters. The van der Waals surface area contributed by atoms with Crippen LogP contribution in [0.1, 0.15) is 6.42 Å². The monoisotopic (exact) mass is 283 g/mol. The van der Waals surface area contributed by atoms with Crippen LogP contribution in [0.5, 0.6) is 0 Å². The smallest absolute Gasteiger partial charge is 0.251 e. The van der Waals surface area contributed by atoms with Crippen molar-refractivity contribution in [3.63, 3.8) is 0 Å². The van der Waals surface area contributed by atoms with E-state index in [1.807, 2.05) is 6.07 Å². The van der Waals surface area contributed by atoms with Gasteiger partial charge in [0.05, 0.1) is 6.42 Å². The molecule has 1 aliphatic rings. The minimum Gasteiger partial charge on any atom is -0.358 e. The largest absolute Gasteiger partial charge is 0.358 e. The van der Waals surface area contributed by atoms with Crippen LogP contribution in [-0.4, -0.2) is 34.8 Å². The fraction of sp³-hybridized carbons (Fsp3) is 0.300. The molecule has 16 heavy (non-hydrogen) atoms. The molecule has 84 valence electrons. The Labute approximate surface area is 101 Å². The van der Waals surface area contributed by atoms with Gasteiger partial charge in [-0.1, -0.05) is 6.07 Å². The van der Waals surface area contributed by atoms with Gasteiger partial charge in [-0.25, -0.2) is 4.98 Å². The second-order valence-electron chi connectivity index (χ2n) is 3.54. The Bertz CT molecular complexity index is 449. The Hall–Kier alpha value is -1.43. The maximum Gasteiger partial charge on any atom is 0.251 e. The number of halogens is 1. The number of amides is 2. The van der Waals surface area contributed by atoms with Crippen molar-refractivity contribution in [1.82, 2.24) is 9.88 Å². The summed E-state index contributed by atoms with van der Waals surface area (Å²) < 4.78 is 0.683. The van der Waals surface area contributed by atoms with Crippen LogP contribution >= 0.6 is 15.9 Å². The van der Waals surface area contributed by atoms with Gasteiger partial charge in [0.15, 0.2) is 0 Å². The summed E-state index contributed by atoms with van der Waals surface area (Å²) in [5.41, 5.74) is 0. The van der Waals surface area contributed by atoms with Crippen molar-refractivity contribution < 1.29 is 9.59 Å². The predicted molar refractivity (Wildman–Crippen MR) is 61.7 cm³/mol. The molecule has 1 N–H and O–H groups in total. The van der Waals surface area contributed by atoms with Gasteiger partial charge >= 0.3 is 0 Å². The summed E-state index contributed by atoms with van der Waals surface area (Å²) >= 11 is 3.24. The number of likely N-dealkylation sites (N-methyl/N-ethyl adjacent to an activating group) is 1. The minimum absolute atomic E-state index is 0.169. The van der Waals surface area contributed by atoms with E-state index in [9.17, 15) is 9.59 Å². The van der Waals surface area contributed by atoms with Crippen molar-refractivity contribution in [3.05, 3.63) is 22.8 Å². The van der Waals surface area contributed by atoms with E-state index in [0.717, 1.165) is 4.90 Å². The average molecular weight is 284 g/mol. The molecule has 6 heteroatoms. The van der Waals surface area contributed by atoms with E-state index in [4.69, 9.17) is 0 Å². The molecular weight excluding hydrogens is 274 g/mol. The van der Waals surface area contributed by atoms with Crippen molar-refractivity contribution in [3.8, 4) is 0 Å². The van der Waals surface area contributed by atoms with Crippen LogP contribution in [0.15, 0.2) is 22.8 Å². The maximum absolute atomic E-state index is 11.6. The van der Waals surface area contributed by atoms with Gasteiger partial charge in [0.1, 0.15) is 16.5 Å². The molecular formula is C10H10BrN3O2. The fourth-order valence-corrected chi connectivity index (χ4v) is 1.88. The number of anilines is 1. The van der Waals surface area contributed by atoms with Gasteiger partial charge in [0.2, 0.25) is 5.91 Å². The van der Waals surface area contributed by atoms with Crippen LogP contribution in [0.2, 0.25) is 0 Å². The van der Waals surface area contributed by atoms with E-state index in [1.165, 1.54) is 7.05 Å². The molecule has 2 amide bonds. The fourth-order valence-electron chi connectivity index (χ4n) is 1.54. The average Bonchev–Trinajstić information content (AvgIpc) is 2.47. The SMILES string of the molecule is CN1C(=O)CC(Nc2cccc(Br)n2)C1=O. The number of hydrogen-bond donors (Lipinski definition) is 1. The van der Waals surface area contributed by atoms with E-state index in [0.29, 0.717) is 10.4 Å². The Morgan fingerprint density at radius 2 is 2.25 bits per heavy atom. The number of pyridine rings is 1. The first-order valence-electron chi connectivity index (χ1n) is 4.77. The van der Waals surface area contributed by atoms with Crippen LogP contribution in [-0.2, 0) is 9.59 Å². The van der Waals surface area contributed by atoms with Crippen molar-refractivity contribution in [2.45, 2.75) is 12.5 Å². The summed E-state index contributed by atoms with van der Waals surface area (Å²) in [6, 6.07) is 4.85. The molecule has 1 fully saturated rings. The van der Waals surface area contributed by atoms with Gasteiger partial charge in [0.25, 0.3) is 5.91 Å². The summed E-state index contributed by atoms with van der Waals surface area (Å²) in [5, 5.41) is 2.94. The molecule has 0 aliphatic carbocycles. The number of nitrogens with one attached hydrogen (secondary N) is 1. The lowest BCUT2D eigenvalue weighted by molar-refractivity contribution is -0.136. The molecule has 0 aromatic carbocycles. The summed E-state index contributed by atoms with van der Waals surface area (Å²) in [6.45, 7) is 0.